The van der Waals surface area contributed by atoms with E-state index in [-0.39, 0.29) is 23.3 Å². The van der Waals surface area contributed by atoms with E-state index in [9.17, 15) is 18.0 Å². The first kappa shape index (κ1) is 20.2. The molecule has 1 aromatic carbocycles. The SMILES string of the molecule is O=C(NCCCn1ccnc1)c1cc2nc3c(c(C(F)(F)F)n2n1)CCc1ccccc1-3. The number of aromatic nitrogens is 5. The van der Waals surface area contributed by atoms with Crippen LogP contribution in [0.4, 0.5) is 13.2 Å². The molecule has 0 spiro atoms. The second-order valence-electron chi connectivity index (χ2n) is 7.65. The third kappa shape index (κ3) is 3.61. The molecule has 3 aromatic heterocycles. The average Bonchev–Trinajstić information content (AvgIpc) is 3.43. The number of amides is 1. The number of hydrogen-bond acceptors (Lipinski definition) is 4. The van der Waals surface area contributed by atoms with Crippen LogP contribution in [0.5, 0.6) is 0 Å². The molecule has 1 aliphatic carbocycles. The van der Waals surface area contributed by atoms with Crippen molar-refractivity contribution in [2.24, 2.45) is 0 Å². The van der Waals surface area contributed by atoms with Crippen LogP contribution in [0, 0.1) is 0 Å². The lowest BCUT2D eigenvalue weighted by Crippen LogP contribution is -2.26. The largest absolute Gasteiger partial charge is 0.433 e. The molecule has 10 heteroatoms. The number of hydrogen-bond donors (Lipinski definition) is 1. The molecule has 0 fully saturated rings. The number of rotatable bonds is 5. The second-order valence-corrected chi connectivity index (χ2v) is 7.65. The summed E-state index contributed by atoms with van der Waals surface area (Å²) in [5.41, 5.74) is 1.09. The van der Waals surface area contributed by atoms with Gasteiger partial charge in [-0.1, -0.05) is 24.3 Å². The Morgan fingerprint density at radius 3 is 2.81 bits per heavy atom. The summed E-state index contributed by atoms with van der Waals surface area (Å²) in [5, 5.41) is 6.69. The molecule has 0 unspecified atom stereocenters. The Morgan fingerprint density at radius 1 is 1.19 bits per heavy atom. The number of nitrogens with zero attached hydrogens (tertiary/aromatic N) is 5. The number of fused-ring (bicyclic) bond motifs is 4. The normalized spacial score (nSPS) is 13.1. The van der Waals surface area contributed by atoms with Gasteiger partial charge in [-0.05, 0) is 24.8 Å². The first-order chi connectivity index (χ1) is 15.4. The molecule has 0 bridgehead atoms. The van der Waals surface area contributed by atoms with Gasteiger partial charge < -0.3 is 9.88 Å². The fraction of sp³-hybridized carbons (Fsp3) is 0.273. The van der Waals surface area contributed by atoms with Gasteiger partial charge in [-0.15, -0.1) is 0 Å². The van der Waals surface area contributed by atoms with Gasteiger partial charge in [0.25, 0.3) is 5.91 Å². The Labute approximate surface area is 180 Å². The zero-order valence-electron chi connectivity index (χ0n) is 16.9. The van der Waals surface area contributed by atoms with E-state index < -0.39 is 17.8 Å². The molecule has 4 aromatic rings. The van der Waals surface area contributed by atoms with Crippen molar-refractivity contribution in [2.75, 3.05) is 6.54 Å². The Bertz CT molecular complexity index is 1290. The van der Waals surface area contributed by atoms with Crippen molar-refractivity contribution in [2.45, 2.75) is 32.0 Å². The maximum atomic E-state index is 14.1. The molecule has 1 N–H and O–H groups in total. The van der Waals surface area contributed by atoms with Crippen molar-refractivity contribution in [3.8, 4) is 11.3 Å². The van der Waals surface area contributed by atoms with Gasteiger partial charge in [0, 0.05) is 42.7 Å². The highest BCUT2D eigenvalue weighted by Gasteiger charge is 2.40. The average molecular weight is 440 g/mol. The van der Waals surface area contributed by atoms with Crippen LogP contribution in [-0.4, -0.2) is 36.6 Å². The quantitative estimate of drug-likeness (QED) is 0.482. The van der Waals surface area contributed by atoms with Gasteiger partial charge >= 0.3 is 6.18 Å². The van der Waals surface area contributed by atoms with Crippen molar-refractivity contribution in [3.05, 3.63) is 71.6 Å². The Hall–Kier alpha value is -3.69. The maximum absolute atomic E-state index is 14.1. The first-order valence-corrected chi connectivity index (χ1v) is 10.2. The summed E-state index contributed by atoms with van der Waals surface area (Å²) >= 11 is 0. The van der Waals surface area contributed by atoms with Gasteiger partial charge in [-0.2, -0.15) is 18.3 Å². The molecule has 1 amide bonds. The lowest BCUT2D eigenvalue weighted by Gasteiger charge is -2.23. The third-order valence-electron chi connectivity index (χ3n) is 5.56. The molecule has 3 heterocycles. The van der Waals surface area contributed by atoms with Crippen molar-refractivity contribution in [3.63, 3.8) is 0 Å². The van der Waals surface area contributed by atoms with Gasteiger partial charge in [-0.25, -0.2) is 14.5 Å². The number of alkyl halides is 3. The molecule has 0 atom stereocenters. The van der Waals surface area contributed by atoms with Gasteiger partial charge in [0.2, 0.25) is 0 Å². The van der Waals surface area contributed by atoms with E-state index in [2.05, 4.69) is 20.4 Å². The summed E-state index contributed by atoms with van der Waals surface area (Å²) < 4.78 is 44.9. The number of carbonyl (C=O) groups excluding carboxylic acids is 1. The van der Waals surface area contributed by atoms with Crippen LogP contribution < -0.4 is 5.32 Å². The molecular formula is C22H19F3N6O. The predicted octanol–water partition coefficient (Wildman–Crippen LogP) is 3.53. The minimum Gasteiger partial charge on any atom is -0.351 e. The van der Waals surface area contributed by atoms with Crippen LogP contribution in [0.15, 0.2) is 49.1 Å². The van der Waals surface area contributed by atoms with Gasteiger partial charge in [0.05, 0.1) is 12.0 Å². The monoisotopic (exact) mass is 440 g/mol. The van der Waals surface area contributed by atoms with Crippen LogP contribution in [0.1, 0.15) is 33.7 Å². The smallest absolute Gasteiger partial charge is 0.351 e. The Balaban J connectivity index is 1.47. The summed E-state index contributed by atoms with van der Waals surface area (Å²) in [7, 11) is 0. The zero-order valence-corrected chi connectivity index (χ0v) is 16.9. The molecule has 1 aliphatic rings. The summed E-state index contributed by atoms with van der Waals surface area (Å²) in [6, 6.07) is 8.63. The molecular weight excluding hydrogens is 421 g/mol. The number of imidazole rings is 1. The van der Waals surface area contributed by atoms with Crippen molar-refractivity contribution in [1.82, 2.24) is 29.5 Å². The molecule has 0 saturated carbocycles. The first-order valence-electron chi connectivity index (χ1n) is 10.2. The van der Waals surface area contributed by atoms with Crippen molar-refractivity contribution < 1.29 is 18.0 Å². The van der Waals surface area contributed by atoms with E-state index in [0.717, 1.165) is 10.1 Å². The van der Waals surface area contributed by atoms with E-state index in [0.29, 0.717) is 37.2 Å². The number of benzene rings is 1. The highest BCUT2D eigenvalue weighted by Crippen LogP contribution is 2.40. The molecule has 7 nitrogen and oxygen atoms in total. The Morgan fingerprint density at radius 2 is 2.03 bits per heavy atom. The second kappa shape index (κ2) is 7.77. The number of aryl methyl sites for hydroxylation is 2. The third-order valence-corrected chi connectivity index (χ3v) is 5.56. The van der Waals surface area contributed by atoms with Crippen LogP contribution >= 0.6 is 0 Å². The zero-order chi connectivity index (χ0) is 22.3. The molecule has 0 saturated heterocycles. The fourth-order valence-corrected chi connectivity index (χ4v) is 4.10. The van der Waals surface area contributed by atoms with Crippen LogP contribution in [0.25, 0.3) is 16.9 Å². The van der Waals surface area contributed by atoms with E-state index in [4.69, 9.17) is 0 Å². The molecule has 5 rings (SSSR count). The lowest BCUT2D eigenvalue weighted by atomic mass is 9.88. The van der Waals surface area contributed by atoms with Crippen LogP contribution in [0.2, 0.25) is 0 Å². The summed E-state index contributed by atoms with van der Waals surface area (Å²) in [6.45, 7) is 1.02. The lowest BCUT2D eigenvalue weighted by molar-refractivity contribution is -0.143. The highest BCUT2D eigenvalue weighted by atomic mass is 19.4. The fourth-order valence-electron chi connectivity index (χ4n) is 4.10. The summed E-state index contributed by atoms with van der Waals surface area (Å²) in [4.78, 5) is 21.0. The van der Waals surface area contributed by atoms with Gasteiger partial charge in [0.15, 0.2) is 17.0 Å². The molecule has 32 heavy (non-hydrogen) atoms. The summed E-state index contributed by atoms with van der Waals surface area (Å²) in [6.07, 6.45) is 1.86. The number of carbonyl (C=O) groups is 1. The van der Waals surface area contributed by atoms with Crippen molar-refractivity contribution >= 4 is 11.6 Å². The van der Waals surface area contributed by atoms with Gasteiger partial charge in [0.1, 0.15) is 0 Å². The van der Waals surface area contributed by atoms with Crippen LogP contribution in [0.3, 0.4) is 0 Å². The Kier molecular flexibility index (Phi) is 4.91. The minimum atomic E-state index is -4.64. The van der Waals surface area contributed by atoms with E-state index in [1.54, 1.807) is 24.7 Å². The maximum Gasteiger partial charge on any atom is 0.433 e. The van der Waals surface area contributed by atoms with E-state index in [1.807, 2.05) is 22.9 Å². The van der Waals surface area contributed by atoms with Crippen molar-refractivity contribution in [1.29, 1.82) is 0 Å². The van der Waals surface area contributed by atoms with Gasteiger partial charge in [-0.3, -0.25) is 4.79 Å². The summed E-state index contributed by atoms with van der Waals surface area (Å²) in [5.74, 6) is -0.535. The topological polar surface area (TPSA) is 77.1 Å². The molecule has 0 radical (unpaired) electrons. The highest BCUT2D eigenvalue weighted by molar-refractivity contribution is 5.93. The predicted molar refractivity (Wildman–Crippen MR) is 110 cm³/mol. The number of nitrogens with one attached hydrogen (secondary N) is 1. The molecule has 0 aliphatic heterocycles. The standard InChI is InChI=1S/C22H19F3N6O/c23-22(24,25)20-16-7-6-14-4-1-2-5-15(14)19(16)28-18-12-17(29-31(18)20)21(32)27-8-3-10-30-11-9-26-13-30/h1-2,4-5,9,11-13H,3,6-8,10H2,(H,27,32). The number of halogens is 3. The van der Waals surface area contributed by atoms with E-state index >= 15 is 0 Å². The van der Waals surface area contributed by atoms with Crippen LogP contribution in [-0.2, 0) is 25.6 Å². The van der Waals surface area contributed by atoms with E-state index in [1.165, 1.54) is 6.07 Å². The molecule has 164 valence electrons. The minimum absolute atomic E-state index is 0.00339.